The lowest BCUT2D eigenvalue weighted by Gasteiger charge is -2.14. The Balaban J connectivity index is 2.05. The number of benzene rings is 2. The number of aldehydes is 1. The van der Waals surface area contributed by atoms with Gasteiger partial charge in [0, 0.05) is 11.1 Å². The lowest BCUT2D eigenvalue weighted by molar-refractivity contribution is 0.0818. The van der Waals surface area contributed by atoms with Gasteiger partial charge in [0.1, 0.15) is 17.8 Å². The molecule has 4 heteroatoms. The lowest BCUT2D eigenvalue weighted by Crippen LogP contribution is -2.23. The molecule has 0 saturated heterocycles. The maximum absolute atomic E-state index is 12.2. The molecular formula is C17H16O4. The summed E-state index contributed by atoms with van der Waals surface area (Å²) in [6.45, 7) is 1.69. The van der Waals surface area contributed by atoms with Crippen molar-refractivity contribution in [3.05, 3.63) is 59.7 Å². The highest BCUT2D eigenvalue weighted by molar-refractivity contribution is 5.99. The second-order valence-corrected chi connectivity index (χ2v) is 4.54. The van der Waals surface area contributed by atoms with Crippen molar-refractivity contribution in [2.75, 3.05) is 7.11 Å². The van der Waals surface area contributed by atoms with E-state index < -0.39 is 6.10 Å². The van der Waals surface area contributed by atoms with Crippen LogP contribution in [0.1, 0.15) is 27.6 Å². The summed E-state index contributed by atoms with van der Waals surface area (Å²) in [5, 5.41) is 0. The molecule has 0 bridgehead atoms. The van der Waals surface area contributed by atoms with Gasteiger partial charge >= 0.3 is 0 Å². The second kappa shape index (κ2) is 6.70. The van der Waals surface area contributed by atoms with Crippen LogP contribution in [0.3, 0.4) is 0 Å². The zero-order chi connectivity index (χ0) is 15.2. The molecule has 2 aromatic rings. The van der Waals surface area contributed by atoms with Gasteiger partial charge in [-0.05, 0) is 55.5 Å². The Morgan fingerprint density at radius 2 is 1.57 bits per heavy atom. The summed E-state index contributed by atoms with van der Waals surface area (Å²) in [5.74, 6) is 1.14. The molecule has 1 atom stereocenters. The normalized spacial score (nSPS) is 11.5. The third kappa shape index (κ3) is 3.69. The standard InChI is InChI=1S/C17H16O4/c1-12(21-16-7-3-13(11-18)4-8-16)17(19)14-5-9-15(20-2)10-6-14/h3-12H,1-2H3. The summed E-state index contributed by atoms with van der Waals surface area (Å²) in [7, 11) is 1.57. The van der Waals surface area contributed by atoms with Crippen molar-refractivity contribution in [2.24, 2.45) is 0 Å². The first-order chi connectivity index (χ1) is 10.1. The summed E-state index contributed by atoms with van der Waals surface area (Å²) >= 11 is 0. The van der Waals surface area contributed by atoms with E-state index in [0.29, 0.717) is 22.6 Å². The number of rotatable bonds is 6. The predicted octanol–water partition coefficient (Wildman–Crippen LogP) is 3.16. The first-order valence-electron chi connectivity index (χ1n) is 6.54. The van der Waals surface area contributed by atoms with Crippen LogP contribution >= 0.6 is 0 Å². The van der Waals surface area contributed by atoms with E-state index in [1.54, 1.807) is 62.6 Å². The van der Waals surface area contributed by atoms with Crippen molar-refractivity contribution in [1.29, 1.82) is 0 Å². The van der Waals surface area contributed by atoms with Crippen LogP contribution in [-0.4, -0.2) is 25.3 Å². The van der Waals surface area contributed by atoms with Crippen LogP contribution in [0.4, 0.5) is 0 Å². The maximum Gasteiger partial charge on any atom is 0.202 e. The number of hydrogen-bond donors (Lipinski definition) is 0. The predicted molar refractivity (Wildman–Crippen MR) is 79.2 cm³/mol. The SMILES string of the molecule is COc1ccc(C(=O)C(C)Oc2ccc(C=O)cc2)cc1. The van der Waals surface area contributed by atoms with E-state index in [0.717, 1.165) is 6.29 Å². The highest BCUT2D eigenvalue weighted by Crippen LogP contribution is 2.17. The Labute approximate surface area is 123 Å². The van der Waals surface area contributed by atoms with Gasteiger partial charge in [0.25, 0.3) is 0 Å². The van der Waals surface area contributed by atoms with Gasteiger partial charge in [0.05, 0.1) is 7.11 Å². The van der Waals surface area contributed by atoms with Gasteiger partial charge in [-0.1, -0.05) is 0 Å². The molecule has 0 aliphatic carbocycles. The van der Waals surface area contributed by atoms with E-state index >= 15 is 0 Å². The van der Waals surface area contributed by atoms with Crippen LogP contribution in [0.5, 0.6) is 11.5 Å². The molecule has 0 amide bonds. The van der Waals surface area contributed by atoms with E-state index in [1.807, 2.05) is 0 Å². The first-order valence-corrected chi connectivity index (χ1v) is 6.54. The highest BCUT2D eigenvalue weighted by atomic mass is 16.5. The molecule has 0 spiro atoms. The average Bonchev–Trinajstić information content (AvgIpc) is 2.55. The van der Waals surface area contributed by atoms with Crippen molar-refractivity contribution in [3.8, 4) is 11.5 Å². The number of carbonyl (C=O) groups excluding carboxylic acids is 2. The summed E-state index contributed by atoms with van der Waals surface area (Å²) in [5.41, 5.74) is 1.13. The molecule has 0 heterocycles. The fraction of sp³-hybridized carbons (Fsp3) is 0.176. The van der Waals surface area contributed by atoms with E-state index in [-0.39, 0.29) is 5.78 Å². The molecule has 2 rings (SSSR count). The Bertz CT molecular complexity index is 614. The van der Waals surface area contributed by atoms with Gasteiger partial charge in [-0.15, -0.1) is 0 Å². The van der Waals surface area contributed by atoms with Crippen molar-refractivity contribution in [3.63, 3.8) is 0 Å². The number of ether oxygens (including phenoxy) is 2. The first kappa shape index (κ1) is 14.8. The zero-order valence-electron chi connectivity index (χ0n) is 11.9. The molecule has 1 unspecified atom stereocenters. The molecule has 108 valence electrons. The topological polar surface area (TPSA) is 52.6 Å². The molecule has 0 saturated carbocycles. The molecule has 0 aliphatic heterocycles. The van der Waals surface area contributed by atoms with Crippen molar-refractivity contribution in [1.82, 2.24) is 0 Å². The van der Waals surface area contributed by atoms with Gasteiger partial charge in [-0.2, -0.15) is 0 Å². The highest BCUT2D eigenvalue weighted by Gasteiger charge is 2.16. The lowest BCUT2D eigenvalue weighted by atomic mass is 10.1. The van der Waals surface area contributed by atoms with Crippen molar-refractivity contribution < 1.29 is 19.1 Å². The van der Waals surface area contributed by atoms with Crippen LogP contribution in [-0.2, 0) is 0 Å². The number of Topliss-reactive ketones (excluding diaryl/α,β-unsaturated/α-hetero) is 1. The molecule has 0 N–H and O–H groups in total. The van der Waals surface area contributed by atoms with Crippen LogP contribution in [0.25, 0.3) is 0 Å². The van der Waals surface area contributed by atoms with Crippen LogP contribution in [0.2, 0.25) is 0 Å². The van der Waals surface area contributed by atoms with E-state index in [2.05, 4.69) is 0 Å². The smallest absolute Gasteiger partial charge is 0.202 e. The van der Waals surface area contributed by atoms with Gasteiger partial charge in [0.15, 0.2) is 6.10 Å². The molecule has 4 nitrogen and oxygen atoms in total. The quantitative estimate of drug-likeness (QED) is 0.604. The molecule has 0 radical (unpaired) electrons. The summed E-state index contributed by atoms with van der Waals surface area (Å²) in [6, 6.07) is 13.5. The van der Waals surface area contributed by atoms with Crippen LogP contribution in [0.15, 0.2) is 48.5 Å². The Kier molecular flexibility index (Phi) is 4.72. The molecular weight excluding hydrogens is 268 g/mol. The molecule has 0 aliphatic rings. The Hall–Kier alpha value is -2.62. The van der Waals surface area contributed by atoms with Crippen LogP contribution in [0, 0.1) is 0 Å². The van der Waals surface area contributed by atoms with Crippen molar-refractivity contribution in [2.45, 2.75) is 13.0 Å². The van der Waals surface area contributed by atoms with E-state index in [4.69, 9.17) is 9.47 Å². The minimum Gasteiger partial charge on any atom is -0.497 e. The third-order valence-electron chi connectivity index (χ3n) is 3.07. The summed E-state index contributed by atoms with van der Waals surface area (Å²) in [6.07, 6.45) is 0.149. The van der Waals surface area contributed by atoms with Crippen molar-refractivity contribution >= 4 is 12.1 Å². The third-order valence-corrected chi connectivity index (χ3v) is 3.07. The number of carbonyl (C=O) groups is 2. The van der Waals surface area contributed by atoms with Gasteiger partial charge < -0.3 is 9.47 Å². The minimum atomic E-state index is -0.611. The number of methoxy groups -OCH3 is 1. The second-order valence-electron chi connectivity index (χ2n) is 4.54. The summed E-state index contributed by atoms with van der Waals surface area (Å²) in [4.78, 5) is 22.8. The van der Waals surface area contributed by atoms with Gasteiger partial charge in [0.2, 0.25) is 5.78 Å². The zero-order valence-corrected chi connectivity index (χ0v) is 11.9. The largest absolute Gasteiger partial charge is 0.497 e. The molecule has 21 heavy (non-hydrogen) atoms. The number of hydrogen-bond acceptors (Lipinski definition) is 4. The fourth-order valence-electron chi connectivity index (χ4n) is 1.87. The fourth-order valence-corrected chi connectivity index (χ4v) is 1.87. The molecule has 0 aromatic heterocycles. The van der Waals surface area contributed by atoms with E-state index in [9.17, 15) is 9.59 Å². The monoisotopic (exact) mass is 284 g/mol. The summed E-state index contributed by atoms with van der Waals surface area (Å²) < 4.78 is 10.6. The maximum atomic E-state index is 12.2. The Morgan fingerprint density at radius 1 is 1.00 bits per heavy atom. The van der Waals surface area contributed by atoms with Gasteiger partial charge in [-0.3, -0.25) is 9.59 Å². The minimum absolute atomic E-state index is 0.114. The Morgan fingerprint density at radius 3 is 2.10 bits per heavy atom. The van der Waals surface area contributed by atoms with Crippen LogP contribution < -0.4 is 9.47 Å². The average molecular weight is 284 g/mol. The van der Waals surface area contributed by atoms with E-state index in [1.165, 1.54) is 0 Å². The molecule has 0 fully saturated rings. The number of ketones is 1. The van der Waals surface area contributed by atoms with Gasteiger partial charge in [-0.25, -0.2) is 0 Å². The molecule has 2 aromatic carbocycles.